The average molecular weight is 282 g/mol. The number of halogens is 3. The van der Waals surface area contributed by atoms with Gasteiger partial charge in [0.1, 0.15) is 11.6 Å². The van der Waals surface area contributed by atoms with Gasteiger partial charge in [-0.15, -0.1) is 0 Å². The lowest BCUT2D eigenvalue weighted by molar-refractivity contribution is 0.595. The van der Waals surface area contributed by atoms with Gasteiger partial charge in [0.2, 0.25) is 0 Å². The molecule has 0 saturated heterocycles. The topological polar surface area (TPSA) is 26.0 Å². The summed E-state index contributed by atoms with van der Waals surface area (Å²) in [5, 5.41) is 0.270. The summed E-state index contributed by atoms with van der Waals surface area (Å²) in [6, 6.07) is 6.94. The van der Waals surface area contributed by atoms with E-state index < -0.39 is 11.9 Å². The van der Waals surface area contributed by atoms with Gasteiger partial charge in [-0.3, -0.25) is 0 Å². The number of aryl methyl sites for hydroxylation is 2. The fourth-order valence-electron chi connectivity index (χ4n) is 2.13. The van der Waals surface area contributed by atoms with E-state index in [0.717, 1.165) is 0 Å². The second kappa shape index (κ2) is 5.27. The standard InChI is InChI=1S/C15H14ClF2N/c1-8-6-10(7-9(2)14(8)18)15(19)13-11(16)4-3-5-12(13)17/h3-7,15H,19H2,1-2H3. The van der Waals surface area contributed by atoms with Crippen molar-refractivity contribution < 1.29 is 8.78 Å². The van der Waals surface area contributed by atoms with Crippen LogP contribution in [0.3, 0.4) is 0 Å². The molecule has 2 aromatic carbocycles. The van der Waals surface area contributed by atoms with Crippen LogP contribution in [0, 0.1) is 25.5 Å². The summed E-state index contributed by atoms with van der Waals surface area (Å²) < 4.78 is 27.4. The molecule has 0 bridgehead atoms. The summed E-state index contributed by atoms with van der Waals surface area (Å²) in [7, 11) is 0. The van der Waals surface area contributed by atoms with Crippen LogP contribution >= 0.6 is 11.6 Å². The van der Waals surface area contributed by atoms with Gasteiger partial charge in [0.15, 0.2) is 0 Å². The van der Waals surface area contributed by atoms with Crippen molar-refractivity contribution in [2.75, 3.05) is 0 Å². The Bertz CT molecular complexity index is 582. The molecule has 0 aliphatic rings. The minimum absolute atomic E-state index is 0.231. The van der Waals surface area contributed by atoms with Gasteiger partial charge in [-0.1, -0.05) is 29.8 Å². The summed E-state index contributed by atoms with van der Waals surface area (Å²) in [5.41, 5.74) is 7.90. The van der Waals surface area contributed by atoms with Crippen LogP contribution < -0.4 is 5.73 Å². The summed E-state index contributed by atoms with van der Waals surface area (Å²) in [4.78, 5) is 0. The van der Waals surface area contributed by atoms with E-state index in [9.17, 15) is 8.78 Å². The van der Waals surface area contributed by atoms with E-state index in [1.54, 1.807) is 32.0 Å². The van der Waals surface area contributed by atoms with E-state index in [1.807, 2.05) is 0 Å². The normalized spacial score (nSPS) is 12.5. The number of rotatable bonds is 2. The van der Waals surface area contributed by atoms with Crippen LogP contribution in [0.5, 0.6) is 0 Å². The monoisotopic (exact) mass is 281 g/mol. The quantitative estimate of drug-likeness (QED) is 0.873. The number of benzene rings is 2. The Balaban J connectivity index is 2.53. The molecule has 2 aromatic rings. The molecule has 0 aromatic heterocycles. The third-order valence-corrected chi connectivity index (χ3v) is 3.46. The first-order chi connectivity index (χ1) is 8.91. The van der Waals surface area contributed by atoms with E-state index in [0.29, 0.717) is 16.7 Å². The Morgan fingerprint density at radius 3 is 2.21 bits per heavy atom. The van der Waals surface area contributed by atoms with E-state index in [1.165, 1.54) is 12.1 Å². The highest BCUT2D eigenvalue weighted by atomic mass is 35.5. The predicted molar refractivity (Wildman–Crippen MR) is 73.3 cm³/mol. The Morgan fingerprint density at radius 2 is 1.68 bits per heavy atom. The third-order valence-electron chi connectivity index (χ3n) is 3.13. The zero-order valence-corrected chi connectivity index (χ0v) is 11.4. The van der Waals surface area contributed by atoms with E-state index in [2.05, 4.69) is 0 Å². The maximum atomic E-state index is 13.8. The molecule has 0 saturated carbocycles. The predicted octanol–water partition coefficient (Wildman–Crippen LogP) is 4.28. The molecular formula is C15H14ClF2N. The minimum Gasteiger partial charge on any atom is -0.320 e. The van der Waals surface area contributed by atoms with Crippen molar-refractivity contribution in [3.63, 3.8) is 0 Å². The molecule has 0 radical (unpaired) electrons. The molecule has 1 atom stereocenters. The van der Waals surface area contributed by atoms with Crippen LogP contribution in [-0.4, -0.2) is 0 Å². The molecule has 1 unspecified atom stereocenters. The molecule has 4 heteroatoms. The second-order valence-corrected chi connectivity index (χ2v) is 4.99. The highest BCUT2D eigenvalue weighted by Gasteiger charge is 2.18. The zero-order chi connectivity index (χ0) is 14.2. The molecule has 2 N–H and O–H groups in total. The van der Waals surface area contributed by atoms with Crippen molar-refractivity contribution in [3.05, 3.63) is 69.2 Å². The van der Waals surface area contributed by atoms with Crippen molar-refractivity contribution >= 4 is 11.6 Å². The lowest BCUT2D eigenvalue weighted by Gasteiger charge is -2.17. The SMILES string of the molecule is Cc1cc(C(N)c2c(F)cccc2Cl)cc(C)c1F. The molecule has 0 aliphatic carbocycles. The van der Waals surface area contributed by atoms with Gasteiger partial charge in [-0.2, -0.15) is 0 Å². The van der Waals surface area contributed by atoms with Crippen LogP contribution in [0.15, 0.2) is 30.3 Å². The minimum atomic E-state index is -0.716. The highest BCUT2D eigenvalue weighted by molar-refractivity contribution is 6.31. The van der Waals surface area contributed by atoms with Crippen molar-refractivity contribution in [2.45, 2.75) is 19.9 Å². The molecule has 0 heterocycles. The molecule has 2 rings (SSSR count). The first-order valence-electron chi connectivity index (χ1n) is 5.88. The Morgan fingerprint density at radius 1 is 1.11 bits per heavy atom. The van der Waals surface area contributed by atoms with Crippen LogP contribution in [0.4, 0.5) is 8.78 Å². The summed E-state index contributed by atoms with van der Waals surface area (Å²) in [6.45, 7) is 3.31. The number of nitrogens with two attached hydrogens (primary N) is 1. The molecule has 0 fully saturated rings. The Kier molecular flexibility index (Phi) is 3.88. The first-order valence-corrected chi connectivity index (χ1v) is 6.25. The van der Waals surface area contributed by atoms with Crippen LogP contribution in [0.2, 0.25) is 5.02 Å². The Labute approximate surface area is 116 Å². The molecule has 19 heavy (non-hydrogen) atoms. The summed E-state index contributed by atoms with van der Waals surface area (Å²) >= 11 is 5.99. The Hall–Kier alpha value is -1.45. The van der Waals surface area contributed by atoms with Gasteiger partial charge in [0, 0.05) is 10.6 Å². The first kappa shape index (κ1) is 14.0. The number of hydrogen-bond acceptors (Lipinski definition) is 1. The van der Waals surface area contributed by atoms with E-state index in [4.69, 9.17) is 17.3 Å². The lowest BCUT2D eigenvalue weighted by Crippen LogP contribution is -2.15. The van der Waals surface area contributed by atoms with Gasteiger partial charge < -0.3 is 5.73 Å². The fourth-order valence-corrected chi connectivity index (χ4v) is 2.41. The van der Waals surface area contributed by atoms with Crippen molar-refractivity contribution in [1.82, 2.24) is 0 Å². The van der Waals surface area contributed by atoms with E-state index >= 15 is 0 Å². The van der Waals surface area contributed by atoms with Gasteiger partial charge in [-0.25, -0.2) is 8.78 Å². The van der Waals surface area contributed by atoms with Crippen LogP contribution in [-0.2, 0) is 0 Å². The molecular weight excluding hydrogens is 268 g/mol. The van der Waals surface area contributed by atoms with Gasteiger partial charge in [0.25, 0.3) is 0 Å². The maximum Gasteiger partial charge on any atom is 0.129 e. The van der Waals surface area contributed by atoms with Gasteiger partial charge >= 0.3 is 0 Å². The smallest absolute Gasteiger partial charge is 0.129 e. The molecule has 0 spiro atoms. The molecule has 100 valence electrons. The van der Waals surface area contributed by atoms with Crippen molar-refractivity contribution in [3.8, 4) is 0 Å². The van der Waals surface area contributed by atoms with Crippen LogP contribution in [0.1, 0.15) is 28.3 Å². The fraction of sp³-hybridized carbons (Fsp3) is 0.200. The maximum absolute atomic E-state index is 13.8. The third kappa shape index (κ3) is 2.62. The lowest BCUT2D eigenvalue weighted by atomic mass is 9.95. The molecule has 0 aliphatic heterocycles. The largest absolute Gasteiger partial charge is 0.320 e. The second-order valence-electron chi connectivity index (χ2n) is 4.58. The molecule has 0 amide bonds. The van der Waals surface area contributed by atoms with Crippen molar-refractivity contribution in [2.24, 2.45) is 5.73 Å². The van der Waals surface area contributed by atoms with Gasteiger partial charge in [-0.05, 0) is 42.7 Å². The van der Waals surface area contributed by atoms with Gasteiger partial charge in [0.05, 0.1) is 6.04 Å². The van der Waals surface area contributed by atoms with E-state index in [-0.39, 0.29) is 16.4 Å². The number of hydrogen-bond donors (Lipinski definition) is 1. The molecule has 1 nitrogen and oxygen atoms in total. The summed E-state index contributed by atoms with van der Waals surface area (Å²) in [5.74, 6) is -0.727. The summed E-state index contributed by atoms with van der Waals surface area (Å²) in [6.07, 6.45) is 0. The zero-order valence-electron chi connectivity index (χ0n) is 10.7. The average Bonchev–Trinajstić information content (AvgIpc) is 2.35. The van der Waals surface area contributed by atoms with Crippen LogP contribution in [0.25, 0.3) is 0 Å². The van der Waals surface area contributed by atoms with Crippen molar-refractivity contribution in [1.29, 1.82) is 0 Å². The highest BCUT2D eigenvalue weighted by Crippen LogP contribution is 2.30.